The van der Waals surface area contributed by atoms with Crippen molar-refractivity contribution in [3.8, 4) is 0 Å². The molecule has 4 nitrogen and oxygen atoms in total. The van der Waals surface area contributed by atoms with Crippen LogP contribution in [0.15, 0.2) is 0 Å². The summed E-state index contributed by atoms with van der Waals surface area (Å²) in [4.78, 5) is 18.4. The fourth-order valence-electron chi connectivity index (χ4n) is 3.06. The first-order valence-corrected chi connectivity index (χ1v) is 10.1. The number of alkyl halides is 6. The van der Waals surface area contributed by atoms with Crippen LogP contribution in [0.1, 0.15) is 71.1 Å². The van der Waals surface area contributed by atoms with Gasteiger partial charge < -0.3 is 9.79 Å². The quantitative estimate of drug-likeness (QED) is 0.240. The molecule has 0 aliphatic carbocycles. The van der Waals surface area contributed by atoms with Crippen LogP contribution in [0.25, 0.3) is 0 Å². The Hall–Kier alpha value is -0.310. The molecule has 2 N–H and O–H groups in total. The minimum Gasteiger partial charge on any atom is -0.312 e. The topological polar surface area (TPSA) is 60.8 Å². The molecule has 0 saturated heterocycles. The van der Waals surface area contributed by atoms with E-state index in [0.29, 0.717) is 19.9 Å². The predicted octanol–water partition coefficient (Wildman–Crippen LogP) is 5.80. The molecule has 0 aromatic carbocycles. The third-order valence-electron chi connectivity index (χ3n) is 4.38. The van der Waals surface area contributed by atoms with Crippen LogP contribution in [0.4, 0.5) is 26.3 Å². The molecule has 0 aromatic rings. The number of halogens is 6. The van der Waals surface area contributed by atoms with Crippen LogP contribution in [0.5, 0.6) is 0 Å². The second-order valence-corrected chi connectivity index (χ2v) is 8.34. The lowest BCUT2D eigenvalue weighted by molar-refractivity contribution is -0.193. The molecule has 0 amide bonds. The second kappa shape index (κ2) is 10.3. The zero-order chi connectivity index (χ0) is 20.6. The summed E-state index contributed by atoms with van der Waals surface area (Å²) < 4.78 is 89.1. The molecular formula is C15H28F6NO3P. The van der Waals surface area contributed by atoms with E-state index >= 15 is 0 Å². The Labute approximate surface area is 150 Å². The fourth-order valence-corrected chi connectivity index (χ4v) is 3.86. The highest BCUT2D eigenvalue weighted by Crippen LogP contribution is 2.52. The summed E-state index contributed by atoms with van der Waals surface area (Å²) in [6.07, 6.45) is -9.56. The minimum atomic E-state index is -5.29. The number of hydrogen-bond donors (Lipinski definition) is 2. The van der Waals surface area contributed by atoms with Crippen molar-refractivity contribution in [1.29, 1.82) is 0 Å². The Kier molecular flexibility index (Phi) is 10.2. The van der Waals surface area contributed by atoms with Crippen LogP contribution in [0, 0.1) is 0 Å². The second-order valence-electron chi connectivity index (χ2n) is 6.72. The van der Waals surface area contributed by atoms with Gasteiger partial charge in [-0.05, 0) is 13.5 Å². The third-order valence-corrected chi connectivity index (χ3v) is 5.59. The van der Waals surface area contributed by atoms with Crippen molar-refractivity contribution in [3.63, 3.8) is 0 Å². The molecule has 11 heteroatoms. The SMILES string of the molecule is CCCCCCCCCC(CC(F)(F)F)(CC(F)(F)F)N(C)P(=O)(O)O. The van der Waals surface area contributed by atoms with Crippen molar-refractivity contribution in [3.05, 3.63) is 0 Å². The molecule has 0 aliphatic heterocycles. The van der Waals surface area contributed by atoms with Crippen molar-refractivity contribution in [2.45, 2.75) is 89.0 Å². The van der Waals surface area contributed by atoms with Crippen LogP contribution in [0.2, 0.25) is 0 Å². The van der Waals surface area contributed by atoms with E-state index in [4.69, 9.17) is 0 Å². The first-order chi connectivity index (χ1) is 11.6. The smallest absolute Gasteiger partial charge is 0.312 e. The monoisotopic (exact) mass is 415 g/mol. The molecule has 0 bridgehead atoms. The summed E-state index contributed by atoms with van der Waals surface area (Å²) in [5.41, 5.74) is -2.72. The van der Waals surface area contributed by atoms with Crippen LogP contribution >= 0.6 is 7.75 Å². The lowest BCUT2D eigenvalue weighted by Gasteiger charge is -2.42. The molecule has 0 heterocycles. The molecule has 158 valence electrons. The zero-order valence-corrected chi connectivity index (χ0v) is 15.9. The average molecular weight is 415 g/mol. The van der Waals surface area contributed by atoms with Gasteiger partial charge >= 0.3 is 20.1 Å². The molecule has 0 rings (SSSR count). The molecule has 26 heavy (non-hydrogen) atoms. The van der Waals surface area contributed by atoms with Crippen LogP contribution < -0.4 is 0 Å². The molecule has 0 aromatic heterocycles. The van der Waals surface area contributed by atoms with Gasteiger partial charge in [0, 0.05) is 5.54 Å². The summed E-state index contributed by atoms with van der Waals surface area (Å²) >= 11 is 0. The van der Waals surface area contributed by atoms with E-state index in [1.165, 1.54) is 0 Å². The maximum atomic E-state index is 12.9. The summed E-state index contributed by atoms with van der Waals surface area (Å²) in [7, 11) is -4.66. The van der Waals surface area contributed by atoms with E-state index < -0.39 is 44.9 Å². The van der Waals surface area contributed by atoms with Crippen LogP contribution in [-0.4, -0.2) is 39.4 Å². The predicted molar refractivity (Wildman–Crippen MR) is 86.5 cm³/mol. The largest absolute Gasteiger partial charge is 0.403 e. The Balaban J connectivity index is 5.29. The zero-order valence-electron chi connectivity index (χ0n) is 15.0. The van der Waals surface area contributed by atoms with E-state index in [2.05, 4.69) is 0 Å². The summed E-state index contributed by atoms with van der Waals surface area (Å²) in [6.45, 7) is 2.01. The first kappa shape index (κ1) is 25.7. The maximum absolute atomic E-state index is 12.9. The highest BCUT2D eigenvalue weighted by molar-refractivity contribution is 7.49. The lowest BCUT2D eigenvalue weighted by Crippen LogP contribution is -2.50. The van der Waals surface area contributed by atoms with Crippen molar-refractivity contribution < 1.29 is 40.7 Å². The van der Waals surface area contributed by atoms with Crippen molar-refractivity contribution in [1.82, 2.24) is 4.67 Å². The van der Waals surface area contributed by atoms with Gasteiger partial charge in [0.05, 0.1) is 12.8 Å². The van der Waals surface area contributed by atoms with Gasteiger partial charge in [-0.15, -0.1) is 0 Å². The molecule has 0 atom stereocenters. The number of rotatable bonds is 12. The van der Waals surface area contributed by atoms with Gasteiger partial charge in [0.15, 0.2) is 0 Å². The third kappa shape index (κ3) is 10.7. The summed E-state index contributed by atoms with van der Waals surface area (Å²) in [5.74, 6) is 0. The van der Waals surface area contributed by atoms with E-state index in [0.717, 1.165) is 25.7 Å². The standard InChI is InChI=1S/C15H28F6NO3P/c1-3-4-5-6-7-8-9-10-13(11-14(16,17)18,12-15(19,20)21)22(2)26(23,24)25/h3-12H2,1-2H3,(H2,23,24,25). The highest BCUT2D eigenvalue weighted by atomic mass is 31.2. The Morgan fingerprint density at radius 2 is 1.19 bits per heavy atom. The Bertz CT molecular complexity index is 434. The van der Waals surface area contributed by atoms with E-state index in [1.807, 2.05) is 6.92 Å². The highest BCUT2D eigenvalue weighted by Gasteiger charge is 2.54. The van der Waals surface area contributed by atoms with Crippen molar-refractivity contribution in [2.24, 2.45) is 0 Å². The normalized spacial score (nSPS) is 14.3. The Morgan fingerprint density at radius 3 is 1.54 bits per heavy atom. The van der Waals surface area contributed by atoms with Gasteiger partial charge in [-0.1, -0.05) is 51.9 Å². The molecular weight excluding hydrogens is 387 g/mol. The fraction of sp³-hybridized carbons (Fsp3) is 1.00. The average Bonchev–Trinajstić information content (AvgIpc) is 2.40. The summed E-state index contributed by atoms with van der Waals surface area (Å²) in [6, 6.07) is 0. The first-order valence-electron chi connectivity index (χ1n) is 8.56. The number of hydrogen-bond acceptors (Lipinski definition) is 1. The summed E-state index contributed by atoms with van der Waals surface area (Å²) in [5, 5.41) is 0. The number of nitrogens with zero attached hydrogens (tertiary/aromatic N) is 1. The molecule has 0 spiro atoms. The van der Waals surface area contributed by atoms with Gasteiger partial charge in [0.1, 0.15) is 0 Å². The molecule has 0 fully saturated rings. The van der Waals surface area contributed by atoms with E-state index in [-0.39, 0.29) is 11.1 Å². The van der Waals surface area contributed by atoms with Crippen molar-refractivity contribution >= 4 is 7.75 Å². The Morgan fingerprint density at radius 1 is 0.808 bits per heavy atom. The van der Waals surface area contributed by atoms with Gasteiger partial charge in [-0.2, -0.15) is 26.3 Å². The van der Waals surface area contributed by atoms with Crippen LogP contribution in [-0.2, 0) is 4.57 Å². The van der Waals surface area contributed by atoms with Crippen molar-refractivity contribution in [2.75, 3.05) is 7.05 Å². The van der Waals surface area contributed by atoms with Gasteiger partial charge in [-0.25, -0.2) is 9.24 Å². The van der Waals surface area contributed by atoms with E-state index in [9.17, 15) is 40.7 Å². The molecule has 0 radical (unpaired) electrons. The van der Waals surface area contributed by atoms with Gasteiger partial charge in [0.2, 0.25) is 0 Å². The van der Waals surface area contributed by atoms with Crippen LogP contribution in [0.3, 0.4) is 0 Å². The lowest BCUT2D eigenvalue weighted by atomic mass is 9.84. The van der Waals surface area contributed by atoms with Gasteiger partial charge in [-0.3, -0.25) is 0 Å². The minimum absolute atomic E-state index is 0.0304. The van der Waals surface area contributed by atoms with Gasteiger partial charge in [0.25, 0.3) is 0 Å². The molecule has 0 saturated carbocycles. The molecule has 0 aliphatic rings. The molecule has 0 unspecified atom stereocenters. The maximum Gasteiger partial charge on any atom is 0.403 e. The van der Waals surface area contributed by atoms with E-state index in [1.54, 1.807) is 0 Å². The number of unbranched alkanes of at least 4 members (excludes halogenated alkanes) is 6.